The number of carbonyl (C=O) groups excluding carboxylic acids is 1. The van der Waals surface area contributed by atoms with Gasteiger partial charge in [0.15, 0.2) is 11.6 Å². The molecule has 0 saturated carbocycles. The van der Waals surface area contributed by atoms with E-state index < -0.39 is 22.4 Å². The van der Waals surface area contributed by atoms with Crippen LogP contribution in [0.1, 0.15) is 20.8 Å². The van der Waals surface area contributed by atoms with Crippen LogP contribution in [0.4, 0.5) is 20.6 Å². The van der Waals surface area contributed by atoms with Gasteiger partial charge < -0.3 is 9.47 Å². The van der Waals surface area contributed by atoms with Gasteiger partial charge in [0.05, 0.1) is 4.92 Å². The van der Waals surface area contributed by atoms with Crippen molar-refractivity contribution in [2.75, 3.05) is 5.32 Å². The highest BCUT2D eigenvalue weighted by atomic mass is 19.1. The van der Waals surface area contributed by atoms with Crippen molar-refractivity contribution >= 4 is 17.5 Å². The van der Waals surface area contributed by atoms with Crippen molar-refractivity contribution in [2.24, 2.45) is 0 Å². The lowest BCUT2D eigenvalue weighted by Gasteiger charge is -2.19. The third-order valence-corrected chi connectivity index (χ3v) is 2.72. The molecule has 0 atom stereocenters. The normalized spacial score (nSPS) is 10.9. The first-order valence-electron chi connectivity index (χ1n) is 7.22. The van der Waals surface area contributed by atoms with E-state index in [1.54, 1.807) is 20.8 Å². The lowest BCUT2D eigenvalue weighted by atomic mass is 10.2. The Bertz CT molecular complexity index is 787. The molecule has 0 aliphatic carbocycles. The molecule has 1 N–H and O–H groups in total. The van der Waals surface area contributed by atoms with Crippen molar-refractivity contribution in [2.45, 2.75) is 26.4 Å². The van der Waals surface area contributed by atoms with Crippen molar-refractivity contribution in [1.82, 2.24) is 4.98 Å². The monoisotopic (exact) mass is 349 g/mol. The molecule has 0 bridgehead atoms. The molecule has 1 heterocycles. The van der Waals surface area contributed by atoms with Crippen LogP contribution in [0.15, 0.2) is 36.5 Å². The molecule has 1 aromatic carbocycles. The Kier molecular flexibility index (Phi) is 5.16. The number of hydrogen-bond donors (Lipinski definition) is 1. The van der Waals surface area contributed by atoms with Gasteiger partial charge in [-0.1, -0.05) is 0 Å². The van der Waals surface area contributed by atoms with Crippen molar-refractivity contribution in [3.63, 3.8) is 0 Å². The minimum absolute atomic E-state index is 0.0288. The van der Waals surface area contributed by atoms with Gasteiger partial charge in [-0.3, -0.25) is 15.4 Å². The molecule has 132 valence electrons. The first kappa shape index (κ1) is 18.1. The fraction of sp³-hybridized carbons (Fsp3) is 0.250. The van der Waals surface area contributed by atoms with Crippen LogP contribution in [-0.2, 0) is 4.74 Å². The van der Waals surface area contributed by atoms with Gasteiger partial charge in [0.2, 0.25) is 5.88 Å². The number of carbonyl (C=O) groups is 1. The molecule has 0 fully saturated rings. The Hall–Kier alpha value is -3.23. The van der Waals surface area contributed by atoms with Crippen LogP contribution in [0, 0.1) is 15.9 Å². The summed E-state index contributed by atoms with van der Waals surface area (Å²) in [6, 6.07) is 6.12. The van der Waals surface area contributed by atoms with E-state index in [1.165, 1.54) is 24.3 Å². The number of benzene rings is 1. The highest BCUT2D eigenvalue weighted by molar-refractivity contribution is 5.85. The molecular weight excluding hydrogens is 333 g/mol. The SMILES string of the molecule is CC(C)(C)OC(=O)Nc1ccc(F)c(Oc2ccc([N+](=O)[O-])cn2)c1. The molecule has 2 aromatic rings. The van der Waals surface area contributed by atoms with Crippen LogP contribution >= 0.6 is 0 Å². The highest BCUT2D eigenvalue weighted by Gasteiger charge is 2.17. The summed E-state index contributed by atoms with van der Waals surface area (Å²) in [4.78, 5) is 25.4. The lowest BCUT2D eigenvalue weighted by molar-refractivity contribution is -0.385. The Morgan fingerprint density at radius 2 is 2.00 bits per heavy atom. The molecule has 0 aliphatic rings. The average Bonchev–Trinajstić information content (AvgIpc) is 2.49. The first-order chi connectivity index (χ1) is 11.6. The van der Waals surface area contributed by atoms with E-state index in [0.29, 0.717) is 0 Å². The largest absolute Gasteiger partial charge is 0.444 e. The number of amides is 1. The van der Waals surface area contributed by atoms with Gasteiger partial charge in [-0.15, -0.1) is 0 Å². The van der Waals surface area contributed by atoms with Crippen molar-refractivity contribution in [3.05, 3.63) is 52.5 Å². The zero-order valence-electron chi connectivity index (χ0n) is 13.8. The molecule has 0 aliphatic heterocycles. The van der Waals surface area contributed by atoms with Gasteiger partial charge >= 0.3 is 6.09 Å². The van der Waals surface area contributed by atoms with E-state index >= 15 is 0 Å². The second-order valence-electron chi connectivity index (χ2n) is 5.99. The van der Waals surface area contributed by atoms with Crippen LogP contribution in [0.3, 0.4) is 0 Å². The molecule has 9 heteroatoms. The maximum Gasteiger partial charge on any atom is 0.412 e. The van der Waals surface area contributed by atoms with Crippen molar-refractivity contribution in [1.29, 1.82) is 0 Å². The topological polar surface area (TPSA) is 104 Å². The van der Waals surface area contributed by atoms with E-state index in [4.69, 9.17) is 9.47 Å². The van der Waals surface area contributed by atoms with Gasteiger partial charge in [-0.2, -0.15) is 0 Å². The number of nitro groups is 1. The van der Waals surface area contributed by atoms with Crippen LogP contribution in [0.5, 0.6) is 11.6 Å². The quantitative estimate of drug-likeness (QED) is 0.653. The molecule has 0 unspecified atom stereocenters. The summed E-state index contributed by atoms with van der Waals surface area (Å²) < 4.78 is 24.2. The second kappa shape index (κ2) is 7.12. The van der Waals surface area contributed by atoms with Crippen LogP contribution in [0.25, 0.3) is 0 Å². The summed E-state index contributed by atoms with van der Waals surface area (Å²) in [5.41, 5.74) is -0.632. The smallest absolute Gasteiger partial charge is 0.412 e. The number of nitrogens with one attached hydrogen (secondary N) is 1. The summed E-state index contributed by atoms with van der Waals surface area (Å²) in [5.74, 6) is -0.913. The third kappa shape index (κ3) is 5.41. The Labute approximate surface area is 142 Å². The number of ether oxygens (including phenoxy) is 2. The molecule has 8 nitrogen and oxygen atoms in total. The van der Waals surface area contributed by atoms with E-state index in [-0.39, 0.29) is 23.0 Å². The van der Waals surface area contributed by atoms with Crippen LogP contribution in [0.2, 0.25) is 0 Å². The maximum atomic E-state index is 13.9. The van der Waals surface area contributed by atoms with Gasteiger partial charge in [0.25, 0.3) is 5.69 Å². The molecule has 0 spiro atoms. The highest BCUT2D eigenvalue weighted by Crippen LogP contribution is 2.27. The number of halogens is 1. The van der Waals surface area contributed by atoms with Crippen LogP contribution in [-0.4, -0.2) is 21.6 Å². The molecule has 0 radical (unpaired) electrons. The van der Waals surface area contributed by atoms with E-state index in [0.717, 1.165) is 12.3 Å². The summed E-state index contributed by atoms with van der Waals surface area (Å²) in [5, 5.41) is 13.0. The minimum atomic E-state index is -0.696. The molecule has 1 aromatic heterocycles. The number of pyridine rings is 1. The van der Waals surface area contributed by atoms with Crippen LogP contribution < -0.4 is 10.1 Å². The fourth-order valence-electron chi connectivity index (χ4n) is 1.73. The summed E-state index contributed by atoms with van der Waals surface area (Å²) >= 11 is 0. The summed E-state index contributed by atoms with van der Waals surface area (Å²) in [6.07, 6.45) is 0.300. The van der Waals surface area contributed by atoms with Gasteiger partial charge in [-0.05, 0) is 32.9 Å². The first-order valence-corrected chi connectivity index (χ1v) is 7.22. The van der Waals surface area contributed by atoms with E-state index in [1.807, 2.05) is 0 Å². The Morgan fingerprint density at radius 1 is 1.28 bits per heavy atom. The molecular formula is C16H16FN3O5. The standard InChI is InChI=1S/C16H16FN3O5/c1-16(2,3)25-15(21)19-10-4-6-12(17)13(8-10)24-14-7-5-11(9-18-14)20(22)23/h4-9H,1-3H3,(H,19,21). The zero-order chi connectivity index (χ0) is 18.6. The predicted molar refractivity (Wildman–Crippen MR) is 87.2 cm³/mol. The number of hydrogen-bond acceptors (Lipinski definition) is 6. The van der Waals surface area contributed by atoms with Gasteiger partial charge in [0, 0.05) is 23.9 Å². The minimum Gasteiger partial charge on any atom is -0.444 e. The van der Waals surface area contributed by atoms with Gasteiger partial charge in [0.1, 0.15) is 11.8 Å². The average molecular weight is 349 g/mol. The summed E-state index contributed by atoms with van der Waals surface area (Å²) in [7, 11) is 0. The predicted octanol–water partition coefficient (Wildman–Crippen LogP) is 4.27. The number of aromatic nitrogens is 1. The number of anilines is 1. The van der Waals surface area contributed by atoms with Crippen molar-refractivity contribution < 1.29 is 23.6 Å². The summed E-state index contributed by atoms with van der Waals surface area (Å²) in [6.45, 7) is 5.14. The zero-order valence-corrected chi connectivity index (χ0v) is 13.8. The van der Waals surface area contributed by atoms with Crippen molar-refractivity contribution in [3.8, 4) is 11.6 Å². The second-order valence-corrected chi connectivity index (χ2v) is 5.99. The maximum absolute atomic E-state index is 13.9. The van der Waals surface area contributed by atoms with Gasteiger partial charge in [-0.25, -0.2) is 14.2 Å². The number of nitrogens with zero attached hydrogens (tertiary/aromatic N) is 2. The molecule has 2 rings (SSSR count). The number of rotatable bonds is 4. The van der Waals surface area contributed by atoms with E-state index in [9.17, 15) is 19.3 Å². The lowest BCUT2D eigenvalue weighted by Crippen LogP contribution is -2.27. The molecule has 1 amide bonds. The third-order valence-electron chi connectivity index (χ3n) is 2.72. The molecule has 0 saturated heterocycles. The fourth-order valence-corrected chi connectivity index (χ4v) is 1.73. The Morgan fingerprint density at radius 3 is 2.56 bits per heavy atom. The molecule has 25 heavy (non-hydrogen) atoms. The van der Waals surface area contributed by atoms with E-state index in [2.05, 4.69) is 10.3 Å². The Balaban J connectivity index is 2.13.